The molecule has 1 saturated carbocycles. The molecule has 1 aliphatic carbocycles. The Hall–Kier alpha value is -0.570. The van der Waals surface area contributed by atoms with Gasteiger partial charge in [-0.1, -0.05) is 20.8 Å². The van der Waals surface area contributed by atoms with E-state index >= 15 is 0 Å². The van der Waals surface area contributed by atoms with Crippen molar-refractivity contribution >= 4 is 5.91 Å². The van der Waals surface area contributed by atoms with E-state index in [0.717, 1.165) is 25.2 Å². The molecule has 0 saturated heterocycles. The summed E-state index contributed by atoms with van der Waals surface area (Å²) in [4.78, 5) is 11.7. The lowest BCUT2D eigenvalue weighted by molar-refractivity contribution is -0.123. The molecule has 0 aromatic rings. The summed E-state index contributed by atoms with van der Waals surface area (Å²) < 4.78 is 0. The standard InChI is InChI=1S/C12H24N2O/c1-8(2)6-11(13)12(15)14-10-5-4-9(3)7-10/h8-11H,4-7,13H2,1-3H3,(H,14,15). The van der Waals surface area contributed by atoms with Crippen LogP contribution < -0.4 is 11.1 Å². The Labute approximate surface area is 92.8 Å². The van der Waals surface area contributed by atoms with Gasteiger partial charge in [0.15, 0.2) is 0 Å². The maximum absolute atomic E-state index is 11.7. The number of nitrogens with two attached hydrogens (primary N) is 1. The van der Waals surface area contributed by atoms with Crippen molar-refractivity contribution < 1.29 is 4.79 Å². The Morgan fingerprint density at radius 1 is 1.47 bits per heavy atom. The van der Waals surface area contributed by atoms with Gasteiger partial charge in [0.1, 0.15) is 0 Å². The van der Waals surface area contributed by atoms with Crippen LogP contribution in [0, 0.1) is 11.8 Å². The van der Waals surface area contributed by atoms with E-state index in [4.69, 9.17) is 5.73 Å². The van der Waals surface area contributed by atoms with Crippen LogP contribution in [0.15, 0.2) is 0 Å². The molecule has 0 aromatic carbocycles. The monoisotopic (exact) mass is 212 g/mol. The minimum absolute atomic E-state index is 0.0304. The van der Waals surface area contributed by atoms with E-state index in [1.165, 1.54) is 6.42 Å². The van der Waals surface area contributed by atoms with Crippen LogP contribution in [-0.4, -0.2) is 18.0 Å². The summed E-state index contributed by atoms with van der Waals surface area (Å²) in [6.45, 7) is 6.41. The van der Waals surface area contributed by atoms with Gasteiger partial charge in [-0.3, -0.25) is 4.79 Å². The smallest absolute Gasteiger partial charge is 0.237 e. The lowest BCUT2D eigenvalue weighted by Gasteiger charge is -2.18. The molecule has 1 fully saturated rings. The minimum Gasteiger partial charge on any atom is -0.352 e. The second-order valence-electron chi connectivity index (χ2n) is 5.36. The molecule has 0 spiro atoms. The number of hydrogen-bond donors (Lipinski definition) is 2. The summed E-state index contributed by atoms with van der Waals surface area (Å²) >= 11 is 0. The molecule has 1 rings (SSSR count). The molecule has 0 aliphatic heterocycles. The summed E-state index contributed by atoms with van der Waals surface area (Å²) in [7, 11) is 0. The predicted octanol–water partition coefficient (Wildman–Crippen LogP) is 1.66. The van der Waals surface area contributed by atoms with E-state index in [2.05, 4.69) is 26.1 Å². The summed E-state index contributed by atoms with van der Waals surface area (Å²) in [5.41, 5.74) is 5.82. The molecule has 15 heavy (non-hydrogen) atoms. The van der Waals surface area contributed by atoms with Crippen molar-refractivity contribution in [3.63, 3.8) is 0 Å². The number of hydrogen-bond acceptors (Lipinski definition) is 2. The Kier molecular flexibility index (Phi) is 4.58. The molecule has 3 atom stereocenters. The third-order valence-corrected chi connectivity index (χ3v) is 3.10. The van der Waals surface area contributed by atoms with Gasteiger partial charge in [-0.15, -0.1) is 0 Å². The number of amides is 1. The fourth-order valence-corrected chi connectivity index (χ4v) is 2.26. The van der Waals surface area contributed by atoms with E-state index in [1.54, 1.807) is 0 Å². The molecule has 3 unspecified atom stereocenters. The lowest BCUT2D eigenvalue weighted by atomic mass is 10.0. The highest BCUT2D eigenvalue weighted by Gasteiger charge is 2.24. The van der Waals surface area contributed by atoms with Gasteiger partial charge in [-0.05, 0) is 37.5 Å². The van der Waals surface area contributed by atoms with Crippen LogP contribution in [0.4, 0.5) is 0 Å². The third kappa shape index (κ3) is 4.20. The normalized spacial score (nSPS) is 28.1. The van der Waals surface area contributed by atoms with Gasteiger partial charge in [0.05, 0.1) is 6.04 Å². The molecule has 1 amide bonds. The average Bonchev–Trinajstić information content (AvgIpc) is 2.50. The zero-order valence-electron chi connectivity index (χ0n) is 10.1. The van der Waals surface area contributed by atoms with E-state index in [9.17, 15) is 4.79 Å². The molecule has 0 bridgehead atoms. The SMILES string of the molecule is CC(C)CC(N)C(=O)NC1CCC(C)C1. The highest BCUT2D eigenvalue weighted by molar-refractivity contribution is 5.81. The Balaban J connectivity index is 2.28. The van der Waals surface area contributed by atoms with Crippen LogP contribution >= 0.6 is 0 Å². The highest BCUT2D eigenvalue weighted by Crippen LogP contribution is 2.24. The molecule has 0 heterocycles. The van der Waals surface area contributed by atoms with E-state index in [0.29, 0.717) is 12.0 Å². The molecule has 3 nitrogen and oxygen atoms in total. The van der Waals surface area contributed by atoms with Crippen LogP contribution in [-0.2, 0) is 4.79 Å². The molecular formula is C12H24N2O. The number of carbonyl (C=O) groups is 1. The summed E-state index contributed by atoms with van der Waals surface area (Å²) in [6.07, 6.45) is 4.22. The molecule has 3 N–H and O–H groups in total. The fourth-order valence-electron chi connectivity index (χ4n) is 2.26. The molecule has 0 aromatic heterocycles. The first-order chi connectivity index (χ1) is 6.99. The first-order valence-electron chi connectivity index (χ1n) is 6.05. The Morgan fingerprint density at radius 3 is 2.60 bits per heavy atom. The van der Waals surface area contributed by atoms with Gasteiger partial charge in [0, 0.05) is 6.04 Å². The maximum atomic E-state index is 11.7. The van der Waals surface area contributed by atoms with Gasteiger partial charge in [-0.2, -0.15) is 0 Å². The predicted molar refractivity (Wildman–Crippen MR) is 62.4 cm³/mol. The Morgan fingerprint density at radius 2 is 2.13 bits per heavy atom. The van der Waals surface area contributed by atoms with Crippen molar-refractivity contribution in [1.29, 1.82) is 0 Å². The fraction of sp³-hybridized carbons (Fsp3) is 0.917. The van der Waals surface area contributed by atoms with E-state index in [-0.39, 0.29) is 11.9 Å². The maximum Gasteiger partial charge on any atom is 0.237 e. The third-order valence-electron chi connectivity index (χ3n) is 3.10. The van der Waals surface area contributed by atoms with Gasteiger partial charge in [-0.25, -0.2) is 0 Å². The van der Waals surface area contributed by atoms with Gasteiger partial charge in [0.2, 0.25) is 5.91 Å². The molecule has 3 heteroatoms. The quantitative estimate of drug-likeness (QED) is 0.744. The zero-order chi connectivity index (χ0) is 11.4. The lowest BCUT2D eigenvalue weighted by Crippen LogP contribution is -2.45. The second kappa shape index (κ2) is 5.50. The largest absolute Gasteiger partial charge is 0.352 e. The molecule has 1 aliphatic rings. The molecule has 88 valence electrons. The molecule has 0 radical (unpaired) electrons. The van der Waals surface area contributed by atoms with Gasteiger partial charge < -0.3 is 11.1 Å². The number of rotatable bonds is 4. The van der Waals surface area contributed by atoms with Crippen molar-refractivity contribution in [2.45, 2.75) is 58.5 Å². The van der Waals surface area contributed by atoms with E-state index in [1.807, 2.05) is 0 Å². The average molecular weight is 212 g/mol. The topological polar surface area (TPSA) is 55.1 Å². The van der Waals surface area contributed by atoms with Crippen molar-refractivity contribution in [1.82, 2.24) is 5.32 Å². The van der Waals surface area contributed by atoms with Gasteiger partial charge >= 0.3 is 0 Å². The summed E-state index contributed by atoms with van der Waals surface area (Å²) in [6, 6.07) is 0.0339. The van der Waals surface area contributed by atoms with Crippen LogP contribution in [0.3, 0.4) is 0 Å². The van der Waals surface area contributed by atoms with E-state index < -0.39 is 0 Å². The zero-order valence-corrected chi connectivity index (χ0v) is 10.1. The van der Waals surface area contributed by atoms with Crippen LogP contribution in [0.1, 0.15) is 46.5 Å². The highest BCUT2D eigenvalue weighted by atomic mass is 16.2. The Bertz CT molecular complexity index is 216. The first kappa shape index (κ1) is 12.5. The number of carbonyl (C=O) groups excluding carboxylic acids is 1. The number of nitrogens with one attached hydrogen (secondary N) is 1. The van der Waals surface area contributed by atoms with Crippen LogP contribution in [0.2, 0.25) is 0 Å². The van der Waals surface area contributed by atoms with Crippen LogP contribution in [0.25, 0.3) is 0 Å². The van der Waals surface area contributed by atoms with Crippen LogP contribution in [0.5, 0.6) is 0 Å². The summed E-state index contributed by atoms with van der Waals surface area (Å²) in [5.74, 6) is 1.26. The van der Waals surface area contributed by atoms with Crippen molar-refractivity contribution in [2.24, 2.45) is 17.6 Å². The second-order valence-corrected chi connectivity index (χ2v) is 5.36. The van der Waals surface area contributed by atoms with Crippen molar-refractivity contribution in [3.05, 3.63) is 0 Å². The minimum atomic E-state index is -0.332. The van der Waals surface area contributed by atoms with Crippen molar-refractivity contribution in [3.8, 4) is 0 Å². The first-order valence-corrected chi connectivity index (χ1v) is 6.05. The molecular weight excluding hydrogens is 188 g/mol. The summed E-state index contributed by atoms with van der Waals surface area (Å²) in [5, 5.41) is 3.05. The van der Waals surface area contributed by atoms with Gasteiger partial charge in [0.25, 0.3) is 0 Å². The van der Waals surface area contributed by atoms with Crippen molar-refractivity contribution in [2.75, 3.05) is 0 Å².